The van der Waals surface area contributed by atoms with Crippen molar-refractivity contribution in [3.05, 3.63) is 64.0 Å². The van der Waals surface area contributed by atoms with Crippen molar-refractivity contribution < 1.29 is 9.72 Å². The highest BCUT2D eigenvalue weighted by Gasteiger charge is 2.15. The van der Waals surface area contributed by atoms with Crippen LogP contribution >= 0.6 is 0 Å². The minimum atomic E-state index is -0.577. The Bertz CT molecular complexity index is 704. The van der Waals surface area contributed by atoms with E-state index in [4.69, 9.17) is 5.26 Å². The summed E-state index contributed by atoms with van der Waals surface area (Å²) in [4.78, 5) is 25.9. The maximum atomic E-state index is 11.9. The first-order valence-corrected chi connectivity index (χ1v) is 5.53. The molecule has 2 rings (SSSR count). The molecular formula is C13H8N4O3. The summed E-state index contributed by atoms with van der Waals surface area (Å²) in [6.07, 6.45) is 1.24. The predicted octanol–water partition coefficient (Wildman–Crippen LogP) is 2.11. The number of anilines is 1. The maximum Gasteiger partial charge on any atom is 0.292 e. The van der Waals surface area contributed by atoms with E-state index in [0.29, 0.717) is 0 Å². The van der Waals surface area contributed by atoms with Crippen LogP contribution < -0.4 is 5.32 Å². The number of amides is 1. The smallest absolute Gasteiger partial charge is 0.292 e. The summed E-state index contributed by atoms with van der Waals surface area (Å²) in [5.74, 6) is -0.531. The molecule has 1 aromatic carbocycles. The fourth-order valence-electron chi connectivity index (χ4n) is 1.53. The number of rotatable bonds is 3. The summed E-state index contributed by atoms with van der Waals surface area (Å²) in [7, 11) is 0. The lowest BCUT2D eigenvalue weighted by atomic mass is 10.2. The van der Waals surface area contributed by atoms with E-state index in [1.165, 1.54) is 36.5 Å². The second-order valence-corrected chi connectivity index (χ2v) is 3.77. The van der Waals surface area contributed by atoms with Crippen molar-refractivity contribution in [1.82, 2.24) is 4.98 Å². The van der Waals surface area contributed by atoms with Gasteiger partial charge >= 0.3 is 0 Å². The largest absolute Gasteiger partial charge is 0.316 e. The summed E-state index contributed by atoms with van der Waals surface area (Å²) in [6.45, 7) is 0. The number of carbonyl (C=O) groups is 1. The van der Waals surface area contributed by atoms with Gasteiger partial charge in [0.25, 0.3) is 11.6 Å². The molecule has 1 N–H and O–H groups in total. The van der Waals surface area contributed by atoms with Crippen LogP contribution in [-0.2, 0) is 0 Å². The van der Waals surface area contributed by atoms with Gasteiger partial charge in [0.15, 0.2) is 0 Å². The van der Waals surface area contributed by atoms with Crippen molar-refractivity contribution in [3.8, 4) is 6.07 Å². The number of pyridine rings is 1. The number of para-hydroxylation sites is 2. The first-order chi connectivity index (χ1) is 9.61. The van der Waals surface area contributed by atoms with Crippen molar-refractivity contribution in [3.63, 3.8) is 0 Å². The van der Waals surface area contributed by atoms with Gasteiger partial charge in [-0.25, -0.2) is 4.98 Å². The normalized spacial score (nSPS) is 9.55. The van der Waals surface area contributed by atoms with Gasteiger partial charge in [-0.1, -0.05) is 12.1 Å². The van der Waals surface area contributed by atoms with Crippen molar-refractivity contribution in [2.24, 2.45) is 0 Å². The van der Waals surface area contributed by atoms with E-state index < -0.39 is 10.8 Å². The Balaban J connectivity index is 2.23. The Morgan fingerprint density at radius 1 is 1.30 bits per heavy atom. The van der Waals surface area contributed by atoms with E-state index in [1.807, 2.05) is 6.07 Å². The molecule has 0 fully saturated rings. The number of hydrogen-bond donors (Lipinski definition) is 1. The number of nitro groups is 1. The van der Waals surface area contributed by atoms with Crippen LogP contribution in [0.2, 0.25) is 0 Å². The van der Waals surface area contributed by atoms with Crippen molar-refractivity contribution >= 4 is 17.3 Å². The topological polar surface area (TPSA) is 109 Å². The summed E-state index contributed by atoms with van der Waals surface area (Å²) in [6, 6.07) is 10.5. The van der Waals surface area contributed by atoms with E-state index in [1.54, 1.807) is 6.07 Å². The molecule has 0 bridgehead atoms. The first-order valence-electron chi connectivity index (χ1n) is 5.53. The molecule has 0 aliphatic carbocycles. The molecule has 0 aliphatic heterocycles. The third-order valence-corrected chi connectivity index (χ3v) is 2.49. The second-order valence-electron chi connectivity index (χ2n) is 3.77. The highest BCUT2D eigenvalue weighted by molar-refractivity contribution is 6.05. The SMILES string of the molecule is N#Cc1ccc(C(=O)Nc2ccccc2[N+](=O)[O-])cn1. The molecule has 0 atom stereocenters. The minimum absolute atomic E-state index is 0.104. The van der Waals surface area contributed by atoms with Gasteiger partial charge in [0.1, 0.15) is 17.5 Å². The van der Waals surface area contributed by atoms with Crippen LogP contribution in [0, 0.1) is 21.4 Å². The van der Waals surface area contributed by atoms with E-state index in [9.17, 15) is 14.9 Å². The molecule has 2 aromatic rings. The van der Waals surface area contributed by atoms with Gasteiger partial charge in [-0.05, 0) is 18.2 Å². The number of aromatic nitrogens is 1. The molecular weight excluding hydrogens is 260 g/mol. The van der Waals surface area contributed by atoms with Gasteiger partial charge in [-0.15, -0.1) is 0 Å². The van der Waals surface area contributed by atoms with Crippen LogP contribution in [0.1, 0.15) is 16.1 Å². The number of hydrogen-bond acceptors (Lipinski definition) is 5. The zero-order valence-electron chi connectivity index (χ0n) is 10.1. The van der Waals surface area contributed by atoms with Crippen LogP contribution in [-0.4, -0.2) is 15.8 Å². The zero-order chi connectivity index (χ0) is 14.5. The third-order valence-electron chi connectivity index (χ3n) is 2.49. The van der Waals surface area contributed by atoms with Crippen LogP contribution in [0.15, 0.2) is 42.6 Å². The van der Waals surface area contributed by atoms with E-state index >= 15 is 0 Å². The molecule has 0 radical (unpaired) electrons. The number of nitriles is 1. The molecule has 0 saturated heterocycles. The lowest BCUT2D eigenvalue weighted by Crippen LogP contribution is -2.13. The first kappa shape index (κ1) is 13.2. The maximum absolute atomic E-state index is 11.9. The van der Waals surface area contributed by atoms with Gasteiger partial charge in [-0.3, -0.25) is 14.9 Å². The predicted molar refractivity (Wildman–Crippen MR) is 70.0 cm³/mol. The number of nitrogens with one attached hydrogen (secondary N) is 1. The molecule has 0 unspecified atom stereocenters. The van der Waals surface area contributed by atoms with E-state index in [2.05, 4.69) is 10.3 Å². The number of nitrogens with zero attached hydrogens (tertiary/aromatic N) is 3. The lowest BCUT2D eigenvalue weighted by molar-refractivity contribution is -0.383. The van der Waals surface area contributed by atoms with E-state index in [-0.39, 0.29) is 22.6 Å². The second kappa shape index (κ2) is 5.58. The Morgan fingerprint density at radius 2 is 2.05 bits per heavy atom. The highest BCUT2D eigenvalue weighted by Crippen LogP contribution is 2.23. The van der Waals surface area contributed by atoms with Crippen LogP contribution in [0.5, 0.6) is 0 Å². The van der Waals surface area contributed by atoms with Crippen molar-refractivity contribution in [2.45, 2.75) is 0 Å². The number of benzene rings is 1. The molecule has 98 valence electrons. The Labute approximate surface area is 113 Å². The third kappa shape index (κ3) is 2.76. The summed E-state index contributed by atoms with van der Waals surface area (Å²) >= 11 is 0. The Morgan fingerprint density at radius 3 is 2.65 bits per heavy atom. The number of carbonyl (C=O) groups excluding carboxylic acids is 1. The standard InChI is InChI=1S/C13H8N4O3/c14-7-10-6-5-9(8-15-10)13(18)16-11-3-1-2-4-12(11)17(19)20/h1-6,8H,(H,16,18). The lowest BCUT2D eigenvalue weighted by Gasteiger charge is -2.05. The molecule has 0 aliphatic rings. The molecule has 0 spiro atoms. The summed E-state index contributed by atoms with van der Waals surface area (Å²) < 4.78 is 0. The minimum Gasteiger partial charge on any atom is -0.316 e. The monoisotopic (exact) mass is 268 g/mol. The van der Waals surface area contributed by atoms with Crippen LogP contribution in [0.3, 0.4) is 0 Å². The number of nitro benzene ring substituents is 1. The van der Waals surface area contributed by atoms with Gasteiger partial charge in [0, 0.05) is 12.3 Å². The Hall–Kier alpha value is -3.27. The molecule has 1 heterocycles. The molecule has 7 nitrogen and oxygen atoms in total. The fourth-order valence-corrected chi connectivity index (χ4v) is 1.53. The molecule has 0 saturated carbocycles. The zero-order valence-corrected chi connectivity index (χ0v) is 10.1. The summed E-state index contributed by atoms with van der Waals surface area (Å²) in [5.41, 5.74) is 0.309. The van der Waals surface area contributed by atoms with Crippen LogP contribution in [0.4, 0.5) is 11.4 Å². The van der Waals surface area contributed by atoms with Gasteiger partial charge in [0.05, 0.1) is 10.5 Å². The Kier molecular flexibility index (Phi) is 3.67. The van der Waals surface area contributed by atoms with Crippen LogP contribution in [0.25, 0.3) is 0 Å². The van der Waals surface area contributed by atoms with E-state index in [0.717, 1.165) is 0 Å². The fraction of sp³-hybridized carbons (Fsp3) is 0. The van der Waals surface area contributed by atoms with Crippen molar-refractivity contribution in [2.75, 3.05) is 5.32 Å². The highest BCUT2D eigenvalue weighted by atomic mass is 16.6. The molecule has 1 aromatic heterocycles. The van der Waals surface area contributed by atoms with Gasteiger partial charge < -0.3 is 5.32 Å². The summed E-state index contributed by atoms with van der Waals surface area (Å²) in [5, 5.41) is 21.9. The van der Waals surface area contributed by atoms with Gasteiger partial charge in [0.2, 0.25) is 0 Å². The average Bonchev–Trinajstić information content (AvgIpc) is 2.47. The molecule has 20 heavy (non-hydrogen) atoms. The van der Waals surface area contributed by atoms with Crippen molar-refractivity contribution in [1.29, 1.82) is 5.26 Å². The molecule has 7 heteroatoms. The average molecular weight is 268 g/mol. The van der Waals surface area contributed by atoms with Gasteiger partial charge in [-0.2, -0.15) is 5.26 Å². The quantitative estimate of drug-likeness (QED) is 0.677. The molecule has 1 amide bonds.